The highest BCUT2D eigenvalue weighted by Gasteiger charge is 2.52. The zero-order chi connectivity index (χ0) is 27.7. The second kappa shape index (κ2) is 8.91. The van der Waals surface area contributed by atoms with Gasteiger partial charge in [-0.3, -0.25) is 14.5 Å². The van der Waals surface area contributed by atoms with Gasteiger partial charge in [-0.05, 0) is 85.4 Å². The van der Waals surface area contributed by atoms with Crippen molar-refractivity contribution >= 4 is 29.2 Å². The van der Waals surface area contributed by atoms with E-state index in [0.717, 1.165) is 29.7 Å². The molecule has 1 saturated heterocycles. The highest BCUT2D eigenvalue weighted by Crippen LogP contribution is 2.47. The highest BCUT2D eigenvalue weighted by atomic mass is 35.5. The summed E-state index contributed by atoms with van der Waals surface area (Å²) >= 11 is 6.16. The maximum atomic E-state index is 13.0. The Kier molecular flexibility index (Phi) is 5.48. The van der Waals surface area contributed by atoms with Crippen LogP contribution in [-0.2, 0) is 10.2 Å². The van der Waals surface area contributed by atoms with Gasteiger partial charge < -0.3 is 5.32 Å². The van der Waals surface area contributed by atoms with Crippen molar-refractivity contribution in [1.29, 1.82) is 5.26 Å². The van der Waals surface area contributed by atoms with Crippen molar-refractivity contribution in [2.24, 2.45) is 11.8 Å². The van der Waals surface area contributed by atoms with Crippen LogP contribution in [0.15, 0.2) is 36.7 Å². The first-order valence-corrected chi connectivity index (χ1v) is 13.1. The number of aryl methyl sites for hydroxylation is 1. The largest absolute Gasteiger partial charge is 0.348 e. The Balaban J connectivity index is 1.12. The molecule has 1 aliphatic heterocycles. The molecule has 2 aromatic heterocycles. The van der Waals surface area contributed by atoms with Gasteiger partial charge in [0.05, 0.1) is 25.2 Å². The fourth-order valence-electron chi connectivity index (χ4n) is 5.84. The molecule has 38 heavy (non-hydrogen) atoms. The van der Waals surface area contributed by atoms with Crippen LogP contribution in [0.2, 0.25) is 5.02 Å². The summed E-state index contributed by atoms with van der Waals surface area (Å²) in [6, 6.07) is 7.81. The number of hydrogen-bond acceptors (Lipinski definition) is 6. The number of halogens is 1. The maximum absolute atomic E-state index is 13.0. The van der Waals surface area contributed by atoms with Gasteiger partial charge in [-0.15, -0.1) is 5.10 Å². The van der Waals surface area contributed by atoms with Gasteiger partial charge in [0, 0.05) is 29.7 Å². The standard InChI is InChI=1S/C28H28ClN7O2/c1-15-6-25(35-13-18-7-21(18)27(35)38)31-12-22(15)16(2)36-14-24(33-34-36)26(37)32-20-9-28(3,10-20)23-8-19(29)5-4-17(23)11-30/h4-6,8,12,14,16,18,20-21H,7,9-10,13H2,1-3H3,(H,32,37)/t16-,18+,20?,21+,28?/m0/s1/i20D. The number of aromatic nitrogens is 4. The third-order valence-corrected chi connectivity index (χ3v) is 8.41. The van der Waals surface area contributed by atoms with Crippen LogP contribution in [0.1, 0.15) is 73.3 Å². The molecule has 3 heterocycles. The SMILES string of the molecule is [2H]C1(NC(=O)c2cn([C@@H](C)c3cnc(N4C[C@H]5C[C@H]5C4=O)cc3C)nn2)CC(C)(c2cc(Cl)ccc2C#N)C1. The lowest BCUT2D eigenvalue weighted by Crippen LogP contribution is -2.52. The number of fused-ring (bicyclic) bond motifs is 1. The molecule has 3 aliphatic rings. The van der Waals surface area contributed by atoms with E-state index < -0.39 is 17.3 Å². The van der Waals surface area contributed by atoms with Crippen LogP contribution in [0.5, 0.6) is 0 Å². The number of rotatable bonds is 6. The summed E-state index contributed by atoms with van der Waals surface area (Å²) in [5.74, 6) is 1.01. The molecule has 2 saturated carbocycles. The zero-order valence-corrected chi connectivity index (χ0v) is 22.2. The highest BCUT2D eigenvalue weighted by molar-refractivity contribution is 6.30. The zero-order valence-electron chi connectivity index (χ0n) is 22.4. The lowest BCUT2D eigenvalue weighted by molar-refractivity contribution is -0.118. The number of nitrogens with one attached hydrogen (secondary N) is 1. The molecule has 10 heteroatoms. The van der Waals surface area contributed by atoms with Gasteiger partial charge in [0.25, 0.3) is 5.91 Å². The molecular weight excluding hydrogens is 502 g/mol. The molecular formula is C28H28ClN7O2. The summed E-state index contributed by atoms with van der Waals surface area (Å²) in [6.07, 6.45) is 4.99. The summed E-state index contributed by atoms with van der Waals surface area (Å²) < 4.78 is 10.4. The molecule has 3 aromatic rings. The van der Waals surface area contributed by atoms with Crippen molar-refractivity contribution in [2.75, 3.05) is 11.4 Å². The molecule has 0 radical (unpaired) electrons. The molecule has 0 bridgehead atoms. The Bertz CT molecular complexity index is 1560. The van der Waals surface area contributed by atoms with Gasteiger partial charge in [0.1, 0.15) is 5.82 Å². The van der Waals surface area contributed by atoms with E-state index in [-0.39, 0.29) is 23.6 Å². The molecule has 9 nitrogen and oxygen atoms in total. The third-order valence-electron chi connectivity index (χ3n) is 8.18. The Hall–Kier alpha value is -3.77. The predicted octanol–water partition coefficient (Wildman–Crippen LogP) is 3.95. The van der Waals surface area contributed by atoms with Crippen LogP contribution in [0.4, 0.5) is 5.82 Å². The van der Waals surface area contributed by atoms with E-state index in [4.69, 9.17) is 13.0 Å². The van der Waals surface area contributed by atoms with Gasteiger partial charge in [-0.2, -0.15) is 5.26 Å². The number of hydrogen-bond donors (Lipinski definition) is 1. The molecule has 6 rings (SSSR count). The minimum Gasteiger partial charge on any atom is -0.348 e. The Labute approximate surface area is 227 Å². The number of carbonyl (C=O) groups excluding carboxylic acids is 2. The van der Waals surface area contributed by atoms with E-state index >= 15 is 0 Å². The first-order chi connectivity index (χ1) is 18.5. The molecule has 0 spiro atoms. The van der Waals surface area contributed by atoms with E-state index in [0.29, 0.717) is 35.2 Å². The summed E-state index contributed by atoms with van der Waals surface area (Å²) in [5, 5.41) is 21.0. The predicted molar refractivity (Wildman–Crippen MR) is 141 cm³/mol. The minimum absolute atomic E-state index is 0.117. The number of benzene rings is 1. The van der Waals surface area contributed by atoms with E-state index in [1.807, 2.05) is 26.8 Å². The molecule has 3 fully saturated rings. The summed E-state index contributed by atoms with van der Waals surface area (Å²) in [5.41, 5.74) is 2.86. The first kappa shape index (κ1) is 23.4. The van der Waals surface area contributed by atoms with Crippen molar-refractivity contribution in [3.8, 4) is 6.07 Å². The first-order valence-electron chi connectivity index (χ1n) is 13.2. The Morgan fingerprint density at radius 3 is 2.84 bits per heavy atom. The van der Waals surface area contributed by atoms with Crippen LogP contribution >= 0.6 is 11.6 Å². The van der Waals surface area contributed by atoms with Gasteiger partial charge in [0.2, 0.25) is 5.91 Å². The number of carbonyl (C=O) groups is 2. The van der Waals surface area contributed by atoms with Crippen LogP contribution in [0.25, 0.3) is 0 Å². The molecule has 194 valence electrons. The van der Waals surface area contributed by atoms with Crippen molar-refractivity contribution in [3.05, 3.63) is 69.6 Å². The van der Waals surface area contributed by atoms with Crippen LogP contribution in [-0.4, -0.2) is 44.4 Å². The third kappa shape index (κ3) is 4.13. The van der Waals surface area contributed by atoms with E-state index in [1.54, 1.807) is 40.2 Å². The number of nitrogens with zero attached hydrogens (tertiary/aromatic N) is 6. The number of anilines is 1. The second-order valence-corrected chi connectivity index (χ2v) is 11.4. The number of amides is 2. The maximum Gasteiger partial charge on any atom is 0.273 e. The second-order valence-electron chi connectivity index (χ2n) is 11.0. The lowest BCUT2D eigenvalue weighted by Gasteiger charge is -2.46. The summed E-state index contributed by atoms with van der Waals surface area (Å²) in [4.78, 5) is 31.8. The normalized spacial score (nSPS) is 28.7. The van der Waals surface area contributed by atoms with Crippen molar-refractivity contribution in [2.45, 2.75) is 57.5 Å². The van der Waals surface area contributed by atoms with Crippen LogP contribution < -0.4 is 10.2 Å². The quantitative estimate of drug-likeness (QED) is 0.515. The Morgan fingerprint density at radius 2 is 2.16 bits per heavy atom. The monoisotopic (exact) mass is 530 g/mol. The van der Waals surface area contributed by atoms with Gasteiger partial charge >= 0.3 is 0 Å². The van der Waals surface area contributed by atoms with Gasteiger partial charge in [-0.1, -0.05) is 23.7 Å². The van der Waals surface area contributed by atoms with Crippen molar-refractivity contribution in [1.82, 2.24) is 25.3 Å². The van der Waals surface area contributed by atoms with E-state index in [9.17, 15) is 14.9 Å². The molecule has 3 atom stereocenters. The Morgan fingerprint density at radius 1 is 1.37 bits per heavy atom. The molecule has 2 aliphatic carbocycles. The average Bonchev–Trinajstić information content (AvgIpc) is 3.33. The van der Waals surface area contributed by atoms with Crippen LogP contribution in [0.3, 0.4) is 0 Å². The molecule has 2 amide bonds. The lowest BCUT2D eigenvalue weighted by atomic mass is 9.62. The number of pyridine rings is 1. The van der Waals surface area contributed by atoms with Crippen molar-refractivity contribution in [3.63, 3.8) is 0 Å². The molecule has 1 N–H and O–H groups in total. The van der Waals surface area contributed by atoms with E-state index in [2.05, 4.69) is 26.7 Å². The molecule has 0 unspecified atom stereocenters. The fourth-order valence-corrected chi connectivity index (χ4v) is 6.01. The van der Waals surface area contributed by atoms with Crippen molar-refractivity contribution < 1.29 is 11.0 Å². The van der Waals surface area contributed by atoms with Crippen LogP contribution in [0, 0.1) is 30.1 Å². The van der Waals surface area contributed by atoms with Gasteiger partial charge in [-0.25, -0.2) is 9.67 Å². The van der Waals surface area contributed by atoms with E-state index in [1.165, 1.54) is 0 Å². The smallest absolute Gasteiger partial charge is 0.273 e. The summed E-state index contributed by atoms with van der Waals surface area (Å²) in [7, 11) is 0. The number of nitriles is 1. The summed E-state index contributed by atoms with van der Waals surface area (Å²) in [6.45, 7) is 6.62. The number of piperidine rings is 1. The molecule has 1 aromatic carbocycles. The average molecular weight is 531 g/mol. The topological polar surface area (TPSA) is 117 Å². The fraction of sp³-hybridized carbons (Fsp3) is 0.429. The minimum atomic E-state index is -1.19. The van der Waals surface area contributed by atoms with Gasteiger partial charge in [0.15, 0.2) is 5.69 Å².